The van der Waals surface area contributed by atoms with Gasteiger partial charge in [-0.25, -0.2) is 0 Å². The van der Waals surface area contributed by atoms with Crippen molar-refractivity contribution in [2.24, 2.45) is 0 Å². The monoisotopic (exact) mass is 274 g/mol. The molecule has 108 valence electrons. The van der Waals surface area contributed by atoms with Gasteiger partial charge in [0.25, 0.3) is 0 Å². The van der Waals surface area contributed by atoms with Crippen molar-refractivity contribution >= 4 is 17.4 Å². The van der Waals surface area contributed by atoms with Crippen LogP contribution in [-0.2, 0) is 4.79 Å². The van der Waals surface area contributed by atoms with E-state index in [2.05, 4.69) is 0 Å². The van der Waals surface area contributed by atoms with Crippen molar-refractivity contribution in [2.75, 3.05) is 31.1 Å². The molecule has 0 saturated carbocycles. The lowest BCUT2D eigenvalue weighted by molar-refractivity contribution is -0.129. The third-order valence-corrected chi connectivity index (χ3v) is 3.82. The maximum absolute atomic E-state index is 12.3. The number of hydrogen-bond acceptors (Lipinski definition) is 3. The second-order valence-corrected chi connectivity index (χ2v) is 5.03. The Hall–Kier alpha value is -1.84. The van der Waals surface area contributed by atoms with Crippen LogP contribution in [0.1, 0.15) is 37.0 Å². The van der Waals surface area contributed by atoms with Crippen LogP contribution >= 0.6 is 0 Å². The zero-order chi connectivity index (χ0) is 14.5. The van der Waals surface area contributed by atoms with Gasteiger partial charge in [0.15, 0.2) is 5.78 Å². The van der Waals surface area contributed by atoms with Gasteiger partial charge in [-0.1, -0.05) is 12.1 Å². The van der Waals surface area contributed by atoms with Crippen molar-refractivity contribution < 1.29 is 9.59 Å². The summed E-state index contributed by atoms with van der Waals surface area (Å²) in [5.41, 5.74) is 1.65. The molecule has 0 aliphatic carbocycles. The topological polar surface area (TPSA) is 40.6 Å². The molecule has 0 fully saturated rings. The van der Waals surface area contributed by atoms with Gasteiger partial charge in [-0.05, 0) is 32.4 Å². The highest BCUT2D eigenvalue weighted by molar-refractivity contribution is 6.02. The van der Waals surface area contributed by atoms with Gasteiger partial charge in [0.2, 0.25) is 5.91 Å². The number of benzene rings is 1. The maximum Gasteiger partial charge on any atom is 0.242 e. The van der Waals surface area contributed by atoms with Gasteiger partial charge in [-0.3, -0.25) is 9.59 Å². The summed E-state index contributed by atoms with van der Waals surface area (Å²) in [5, 5.41) is 0. The summed E-state index contributed by atoms with van der Waals surface area (Å²) < 4.78 is 0. The fourth-order valence-electron chi connectivity index (χ4n) is 2.67. The summed E-state index contributed by atoms with van der Waals surface area (Å²) in [5.74, 6) is 0.303. The van der Waals surface area contributed by atoms with E-state index >= 15 is 0 Å². The maximum atomic E-state index is 12.3. The fourth-order valence-corrected chi connectivity index (χ4v) is 2.67. The molecule has 0 bridgehead atoms. The molecule has 4 nitrogen and oxygen atoms in total. The van der Waals surface area contributed by atoms with Gasteiger partial charge in [0, 0.05) is 37.3 Å². The van der Waals surface area contributed by atoms with E-state index in [-0.39, 0.29) is 11.7 Å². The summed E-state index contributed by atoms with van der Waals surface area (Å²) in [6, 6.07) is 7.60. The number of carbonyl (C=O) groups excluding carboxylic acids is 2. The van der Waals surface area contributed by atoms with Crippen molar-refractivity contribution in [3.63, 3.8) is 0 Å². The molecule has 1 aliphatic rings. The lowest BCUT2D eigenvalue weighted by atomic mass is 10.1. The van der Waals surface area contributed by atoms with Crippen LogP contribution in [0.4, 0.5) is 5.69 Å². The fraction of sp³-hybridized carbons (Fsp3) is 0.500. The minimum atomic E-state index is 0.124. The van der Waals surface area contributed by atoms with Crippen molar-refractivity contribution in [2.45, 2.75) is 26.7 Å². The molecule has 1 heterocycles. The first-order valence-electron chi connectivity index (χ1n) is 7.32. The van der Waals surface area contributed by atoms with E-state index in [4.69, 9.17) is 0 Å². The number of para-hydroxylation sites is 1. The van der Waals surface area contributed by atoms with Crippen LogP contribution < -0.4 is 4.90 Å². The van der Waals surface area contributed by atoms with E-state index in [0.717, 1.165) is 37.3 Å². The SMILES string of the molecule is CCN(CC)C(=O)CN1CCCC(=O)c2ccccc21. The quantitative estimate of drug-likeness (QED) is 0.846. The number of hydrogen-bond donors (Lipinski definition) is 0. The molecule has 0 atom stereocenters. The molecule has 0 saturated heterocycles. The molecule has 1 aromatic rings. The summed E-state index contributed by atoms with van der Waals surface area (Å²) in [6.45, 7) is 6.54. The predicted octanol–water partition coefficient (Wildman–Crippen LogP) is 2.34. The molecule has 0 radical (unpaired) electrons. The van der Waals surface area contributed by atoms with Crippen LogP contribution in [0.2, 0.25) is 0 Å². The lowest BCUT2D eigenvalue weighted by Crippen LogP contribution is -2.40. The van der Waals surface area contributed by atoms with E-state index in [1.165, 1.54) is 0 Å². The molecule has 0 N–H and O–H groups in total. The van der Waals surface area contributed by atoms with Crippen LogP contribution in [0.3, 0.4) is 0 Å². The second kappa shape index (κ2) is 6.55. The number of amides is 1. The molecule has 1 amide bonds. The average molecular weight is 274 g/mol. The van der Waals surface area contributed by atoms with E-state index in [1.807, 2.05) is 47.9 Å². The molecule has 0 spiro atoms. The van der Waals surface area contributed by atoms with Crippen LogP contribution in [0.5, 0.6) is 0 Å². The Bertz CT molecular complexity index is 495. The lowest BCUT2D eigenvalue weighted by Gasteiger charge is -2.27. The number of Topliss-reactive ketones (excluding diaryl/α,β-unsaturated/α-hetero) is 1. The minimum Gasteiger partial charge on any atom is -0.362 e. The Morgan fingerprint density at radius 1 is 1.25 bits per heavy atom. The highest BCUT2D eigenvalue weighted by Gasteiger charge is 2.23. The molecular formula is C16H22N2O2. The molecule has 1 aromatic carbocycles. The van der Waals surface area contributed by atoms with Gasteiger partial charge in [0.05, 0.1) is 6.54 Å². The number of likely N-dealkylation sites (N-methyl/N-ethyl adjacent to an activating group) is 1. The Labute approximate surface area is 120 Å². The Balaban J connectivity index is 2.22. The molecule has 1 aliphatic heterocycles. The smallest absolute Gasteiger partial charge is 0.242 e. The Kier molecular flexibility index (Phi) is 4.77. The van der Waals surface area contributed by atoms with Gasteiger partial charge in [0.1, 0.15) is 0 Å². The number of nitrogens with zero attached hydrogens (tertiary/aromatic N) is 2. The largest absolute Gasteiger partial charge is 0.362 e. The first-order chi connectivity index (χ1) is 9.67. The van der Waals surface area contributed by atoms with E-state index in [1.54, 1.807) is 0 Å². The van der Waals surface area contributed by atoms with E-state index < -0.39 is 0 Å². The predicted molar refractivity (Wildman–Crippen MR) is 80.1 cm³/mol. The standard InChI is InChI=1S/C16H22N2O2/c1-3-17(4-2)16(20)12-18-11-7-10-15(19)13-8-5-6-9-14(13)18/h5-6,8-9H,3-4,7,10-12H2,1-2H3. The summed E-state index contributed by atoms with van der Waals surface area (Å²) >= 11 is 0. The van der Waals surface area contributed by atoms with E-state index in [9.17, 15) is 9.59 Å². The minimum absolute atomic E-state index is 0.124. The normalized spacial score (nSPS) is 14.7. The van der Waals surface area contributed by atoms with Crippen molar-refractivity contribution in [3.8, 4) is 0 Å². The molecule has 0 aromatic heterocycles. The van der Waals surface area contributed by atoms with Crippen molar-refractivity contribution in [3.05, 3.63) is 29.8 Å². The third kappa shape index (κ3) is 3.00. The zero-order valence-electron chi connectivity index (χ0n) is 12.3. The van der Waals surface area contributed by atoms with Crippen LogP contribution in [-0.4, -0.2) is 42.8 Å². The highest BCUT2D eigenvalue weighted by Crippen LogP contribution is 2.25. The van der Waals surface area contributed by atoms with E-state index in [0.29, 0.717) is 13.0 Å². The number of anilines is 1. The zero-order valence-corrected chi connectivity index (χ0v) is 12.3. The van der Waals surface area contributed by atoms with Crippen LogP contribution in [0.25, 0.3) is 0 Å². The summed E-state index contributed by atoms with van der Waals surface area (Å²) in [6.07, 6.45) is 1.37. The van der Waals surface area contributed by atoms with Crippen molar-refractivity contribution in [1.82, 2.24) is 4.90 Å². The van der Waals surface area contributed by atoms with Crippen LogP contribution in [0.15, 0.2) is 24.3 Å². The van der Waals surface area contributed by atoms with Crippen molar-refractivity contribution in [1.29, 1.82) is 0 Å². The van der Waals surface area contributed by atoms with Gasteiger partial charge in [-0.15, -0.1) is 0 Å². The second-order valence-electron chi connectivity index (χ2n) is 5.03. The average Bonchev–Trinajstić information content (AvgIpc) is 2.61. The highest BCUT2D eigenvalue weighted by atomic mass is 16.2. The number of ketones is 1. The molecule has 0 unspecified atom stereocenters. The Morgan fingerprint density at radius 2 is 1.95 bits per heavy atom. The molecule has 4 heteroatoms. The van der Waals surface area contributed by atoms with Crippen LogP contribution in [0, 0.1) is 0 Å². The molecule has 2 rings (SSSR count). The number of fused-ring (bicyclic) bond motifs is 1. The third-order valence-electron chi connectivity index (χ3n) is 3.82. The first kappa shape index (κ1) is 14.6. The van der Waals surface area contributed by atoms with Gasteiger partial charge in [-0.2, -0.15) is 0 Å². The number of rotatable bonds is 4. The number of carbonyl (C=O) groups is 2. The Morgan fingerprint density at radius 3 is 2.65 bits per heavy atom. The first-order valence-corrected chi connectivity index (χ1v) is 7.32. The summed E-state index contributed by atoms with van der Waals surface area (Å²) in [7, 11) is 0. The van der Waals surface area contributed by atoms with Gasteiger partial charge < -0.3 is 9.80 Å². The molecular weight excluding hydrogens is 252 g/mol. The summed E-state index contributed by atoms with van der Waals surface area (Å²) in [4.78, 5) is 28.2. The van der Waals surface area contributed by atoms with Gasteiger partial charge >= 0.3 is 0 Å². The molecule has 20 heavy (non-hydrogen) atoms.